The Labute approximate surface area is 105 Å². The van der Waals surface area contributed by atoms with Crippen molar-refractivity contribution in [1.82, 2.24) is 0 Å². The fourth-order valence-electron chi connectivity index (χ4n) is 2.14. The summed E-state index contributed by atoms with van der Waals surface area (Å²) in [7, 11) is 0. The summed E-state index contributed by atoms with van der Waals surface area (Å²) in [5.41, 5.74) is 1.70. The summed E-state index contributed by atoms with van der Waals surface area (Å²) in [6.07, 6.45) is 3.80. The lowest BCUT2D eigenvalue weighted by molar-refractivity contribution is 0.305. The number of hydrogen-bond donors (Lipinski definition) is 0. The molecule has 1 heteroatoms. The Bertz CT molecular complexity index is 313. The predicted molar refractivity (Wildman–Crippen MR) is 73.2 cm³/mol. The lowest BCUT2D eigenvalue weighted by Crippen LogP contribution is -2.28. The van der Waals surface area contributed by atoms with E-state index in [2.05, 4.69) is 39.8 Å². The van der Waals surface area contributed by atoms with E-state index >= 15 is 0 Å². The molecule has 0 spiro atoms. The van der Waals surface area contributed by atoms with Crippen LogP contribution in [0.15, 0.2) is 24.3 Å². The van der Waals surface area contributed by atoms with Crippen LogP contribution in [0.5, 0.6) is 0 Å². The number of hydrogen-bond acceptors (Lipinski definition) is 0. The molecule has 1 aromatic carbocycles. The van der Waals surface area contributed by atoms with Crippen LogP contribution in [0.25, 0.3) is 0 Å². The highest BCUT2D eigenvalue weighted by Crippen LogP contribution is 2.37. The third kappa shape index (κ3) is 3.01. The summed E-state index contributed by atoms with van der Waals surface area (Å²) in [5, 5.41) is 0.824. The van der Waals surface area contributed by atoms with Crippen molar-refractivity contribution in [2.24, 2.45) is 5.92 Å². The third-order valence-corrected chi connectivity index (χ3v) is 4.08. The highest BCUT2D eigenvalue weighted by Gasteiger charge is 2.29. The first-order valence-corrected chi connectivity index (χ1v) is 6.64. The molecule has 0 aliphatic carbocycles. The van der Waals surface area contributed by atoms with E-state index in [-0.39, 0.29) is 5.41 Å². The van der Waals surface area contributed by atoms with Gasteiger partial charge in [0.25, 0.3) is 0 Å². The Morgan fingerprint density at radius 1 is 1.19 bits per heavy atom. The maximum Gasteiger partial charge on any atom is 0.0406 e. The van der Waals surface area contributed by atoms with Crippen LogP contribution < -0.4 is 0 Å². The molecular weight excluding hydrogens is 216 g/mol. The zero-order valence-electron chi connectivity index (χ0n) is 10.9. The van der Waals surface area contributed by atoms with E-state index in [9.17, 15) is 0 Å². The molecule has 0 bridgehead atoms. The van der Waals surface area contributed by atoms with E-state index in [0.717, 1.165) is 5.02 Å². The Morgan fingerprint density at radius 3 is 2.19 bits per heavy atom. The van der Waals surface area contributed by atoms with Crippen LogP contribution in [-0.4, -0.2) is 0 Å². The zero-order chi connectivity index (χ0) is 12.2. The minimum Gasteiger partial charge on any atom is -0.0843 e. The van der Waals surface area contributed by atoms with Crippen molar-refractivity contribution >= 4 is 11.6 Å². The Balaban J connectivity index is 2.96. The molecule has 90 valence electrons. The van der Waals surface area contributed by atoms with Crippen molar-refractivity contribution < 1.29 is 0 Å². The van der Waals surface area contributed by atoms with Crippen LogP contribution in [0.2, 0.25) is 5.02 Å². The van der Waals surface area contributed by atoms with E-state index in [1.54, 1.807) is 0 Å². The molecule has 0 aromatic heterocycles. The van der Waals surface area contributed by atoms with Gasteiger partial charge in [0.15, 0.2) is 0 Å². The Morgan fingerprint density at radius 2 is 1.75 bits per heavy atom. The lowest BCUT2D eigenvalue weighted by atomic mass is 9.70. The number of unbranched alkanes of at least 4 members (excludes halogenated alkanes) is 1. The normalized spacial score (nSPS) is 15.1. The largest absolute Gasteiger partial charge is 0.0843 e. The summed E-state index contributed by atoms with van der Waals surface area (Å²) < 4.78 is 0. The van der Waals surface area contributed by atoms with Crippen molar-refractivity contribution in [3.63, 3.8) is 0 Å². The average molecular weight is 239 g/mol. The van der Waals surface area contributed by atoms with E-state index in [4.69, 9.17) is 11.6 Å². The molecule has 0 N–H and O–H groups in total. The third-order valence-electron chi connectivity index (χ3n) is 3.83. The second-order valence-corrected chi connectivity index (χ2v) is 5.62. The predicted octanol–water partition coefficient (Wildman–Crippen LogP) is 5.44. The second kappa shape index (κ2) is 5.72. The van der Waals surface area contributed by atoms with Crippen LogP contribution in [-0.2, 0) is 5.41 Å². The van der Waals surface area contributed by atoms with Crippen molar-refractivity contribution in [2.45, 2.75) is 52.4 Å². The molecule has 0 amide bonds. The molecule has 1 rings (SSSR count). The van der Waals surface area contributed by atoms with Gasteiger partial charge in [0.05, 0.1) is 0 Å². The molecule has 0 radical (unpaired) electrons. The molecule has 1 aromatic rings. The SMILES string of the molecule is CCCCC(C)(c1ccc(Cl)cc1)C(C)C. The summed E-state index contributed by atoms with van der Waals surface area (Å²) >= 11 is 5.95. The van der Waals surface area contributed by atoms with Crippen LogP contribution in [0.3, 0.4) is 0 Å². The van der Waals surface area contributed by atoms with E-state index in [1.165, 1.54) is 24.8 Å². The van der Waals surface area contributed by atoms with Gasteiger partial charge in [-0.3, -0.25) is 0 Å². The zero-order valence-corrected chi connectivity index (χ0v) is 11.6. The van der Waals surface area contributed by atoms with E-state index in [0.29, 0.717) is 5.92 Å². The maximum atomic E-state index is 5.95. The smallest absolute Gasteiger partial charge is 0.0406 e. The minimum absolute atomic E-state index is 0.278. The molecule has 0 aliphatic rings. The molecule has 0 aliphatic heterocycles. The number of halogens is 1. The molecule has 0 saturated heterocycles. The van der Waals surface area contributed by atoms with Gasteiger partial charge in [0.1, 0.15) is 0 Å². The van der Waals surface area contributed by atoms with Gasteiger partial charge >= 0.3 is 0 Å². The topological polar surface area (TPSA) is 0 Å². The van der Waals surface area contributed by atoms with Crippen LogP contribution in [0.4, 0.5) is 0 Å². The summed E-state index contributed by atoms with van der Waals surface area (Å²) in [4.78, 5) is 0. The quantitative estimate of drug-likeness (QED) is 0.641. The van der Waals surface area contributed by atoms with Gasteiger partial charge in [-0.15, -0.1) is 0 Å². The maximum absolute atomic E-state index is 5.95. The summed E-state index contributed by atoms with van der Waals surface area (Å²) in [5.74, 6) is 0.653. The van der Waals surface area contributed by atoms with Crippen molar-refractivity contribution in [2.75, 3.05) is 0 Å². The summed E-state index contributed by atoms with van der Waals surface area (Å²) in [6, 6.07) is 8.36. The molecule has 1 unspecified atom stereocenters. The molecule has 0 saturated carbocycles. The first-order valence-electron chi connectivity index (χ1n) is 6.26. The fourth-order valence-corrected chi connectivity index (χ4v) is 2.27. The first kappa shape index (κ1) is 13.6. The van der Waals surface area contributed by atoms with Gasteiger partial charge in [0.2, 0.25) is 0 Å². The molecule has 1 atom stereocenters. The number of benzene rings is 1. The number of rotatable bonds is 5. The monoisotopic (exact) mass is 238 g/mol. The minimum atomic E-state index is 0.278. The molecule has 0 heterocycles. The van der Waals surface area contributed by atoms with Crippen LogP contribution in [0, 0.1) is 5.92 Å². The van der Waals surface area contributed by atoms with Gasteiger partial charge in [-0.05, 0) is 35.4 Å². The van der Waals surface area contributed by atoms with Crippen LogP contribution in [0.1, 0.15) is 52.5 Å². The van der Waals surface area contributed by atoms with E-state index < -0.39 is 0 Å². The van der Waals surface area contributed by atoms with Crippen LogP contribution >= 0.6 is 11.6 Å². The summed E-state index contributed by atoms with van der Waals surface area (Å²) in [6.45, 7) is 9.24. The Hall–Kier alpha value is -0.490. The highest BCUT2D eigenvalue weighted by molar-refractivity contribution is 6.30. The lowest BCUT2D eigenvalue weighted by Gasteiger charge is -2.34. The van der Waals surface area contributed by atoms with E-state index in [1.807, 2.05) is 12.1 Å². The van der Waals surface area contributed by atoms with Gasteiger partial charge in [-0.25, -0.2) is 0 Å². The highest BCUT2D eigenvalue weighted by atomic mass is 35.5. The molecular formula is C15H23Cl. The fraction of sp³-hybridized carbons (Fsp3) is 0.600. The van der Waals surface area contributed by atoms with Crippen molar-refractivity contribution in [1.29, 1.82) is 0 Å². The van der Waals surface area contributed by atoms with Crippen molar-refractivity contribution in [3.8, 4) is 0 Å². The van der Waals surface area contributed by atoms with Crippen molar-refractivity contribution in [3.05, 3.63) is 34.9 Å². The average Bonchev–Trinajstić information content (AvgIpc) is 2.26. The second-order valence-electron chi connectivity index (χ2n) is 5.18. The van der Waals surface area contributed by atoms with Gasteiger partial charge in [-0.2, -0.15) is 0 Å². The first-order chi connectivity index (χ1) is 7.50. The standard InChI is InChI=1S/C15H23Cl/c1-5-6-11-15(4,12(2)3)13-7-9-14(16)10-8-13/h7-10,12H,5-6,11H2,1-4H3. The Kier molecular flexibility index (Phi) is 4.86. The van der Waals surface area contributed by atoms with Gasteiger partial charge in [-0.1, -0.05) is 64.3 Å². The molecule has 0 nitrogen and oxygen atoms in total. The van der Waals surface area contributed by atoms with Gasteiger partial charge in [0, 0.05) is 5.02 Å². The van der Waals surface area contributed by atoms with Gasteiger partial charge < -0.3 is 0 Å². The molecule has 0 fully saturated rings. The molecule has 16 heavy (non-hydrogen) atoms.